The van der Waals surface area contributed by atoms with Crippen LogP contribution in [-0.4, -0.2) is 12.3 Å². The summed E-state index contributed by atoms with van der Waals surface area (Å²) in [5.41, 5.74) is 1.60. The second-order valence-corrected chi connectivity index (χ2v) is 2.83. The van der Waals surface area contributed by atoms with Gasteiger partial charge in [0.05, 0.1) is 0 Å². The van der Waals surface area contributed by atoms with Gasteiger partial charge < -0.3 is 10.6 Å². The summed E-state index contributed by atoms with van der Waals surface area (Å²) in [5, 5.41) is 5.23. The molecular formula is C10H12N2O2. The molecule has 0 saturated carbocycles. The maximum Gasteiger partial charge on any atom is 0.217 e. The molecule has 4 nitrogen and oxygen atoms in total. The topological polar surface area (TPSA) is 58.2 Å². The van der Waals surface area contributed by atoms with Crippen molar-refractivity contribution in [3.05, 3.63) is 29.8 Å². The van der Waals surface area contributed by atoms with Gasteiger partial charge >= 0.3 is 0 Å². The lowest BCUT2D eigenvalue weighted by Gasteiger charge is -2.07. The first-order chi connectivity index (χ1) is 6.74. The predicted molar refractivity (Wildman–Crippen MR) is 53.6 cm³/mol. The number of hydrogen-bond donors (Lipinski definition) is 2. The van der Waals surface area contributed by atoms with Crippen LogP contribution in [0.1, 0.15) is 12.5 Å². The molecular weight excluding hydrogens is 180 g/mol. The van der Waals surface area contributed by atoms with Crippen LogP contribution in [0.15, 0.2) is 24.3 Å². The molecule has 0 bridgehead atoms. The largest absolute Gasteiger partial charge is 0.352 e. The highest BCUT2D eigenvalue weighted by atomic mass is 16.1. The summed E-state index contributed by atoms with van der Waals surface area (Å²) < 4.78 is 0. The molecule has 0 atom stereocenters. The molecule has 1 aromatic rings. The summed E-state index contributed by atoms with van der Waals surface area (Å²) in [6.45, 7) is 1.88. The van der Waals surface area contributed by atoms with Crippen molar-refractivity contribution in [1.29, 1.82) is 0 Å². The minimum atomic E-state index is -0.0918. The van der Waals surface area contributed by atoms with Gasteiger partial charge in [-0.3, -0.25) is 9.59 Å². The number of rotatable bonds is 4. The molecule has 2 N–H and O–H groups in total. The van der Waals surface area contributed by atoms with Crippen LogP contribution in [0, 0.1) is 0 Å². The molecule has 0 heterocycles. The number of benzene rings is 1. The van der Waals surface area contributed by atoms with Gasteiger partial charge in [0.2, 0.25) is 12.3 Å². The van der Waals surface area contributed by atoms with E-state index in [9.17, 15) is 9.59 Å². The zero-order valence-corrected chi connectivity index (χ0v) is 7.91. The number of carbonyl (C=O) groups excluding carboxylic acids is 2. The second-order valence-electron chi connectivity index (χ2n) is 2.83. The summed E-state index contributed by atoms with van der Waals surface area (Å²) in [7, 11) is 0. The average molecular weight is 192 g/mol. The van der Waals surface area contributed by atoms with Crippen LogP contribution in [-0.2, 0) is 16.1 Å². The molecule has 0 aliphatic rings. The fraction of sp³-hybridized carbons (Fsp3) is 0.200. The molecule has 4 heteroatoms. The molecule has 0 unspecified atom stereocenters. The molecule has 0 aliphatic heterocycles. The molecule has 0 fully saturated rings. The summed E-state index contributed by atoms with van der Waals surface area (Å²) in [6.07, 6.45) is 0.618. The van der Waals surface area contributed by atoms with Gasteiger partial charge in [-0.15, -0.1) is 0 Å². The number of hydrogen-bond acceptors (Lipinski definition) is 2. The van der Waals surface area contributed by atoms with Crippen LogP contribution in [0.2, 0.25) is 0 Å². The van der Waals surface area contributed by atoms with Crippen LogP contribution < -0.4 is 10.6 Å². The Morgan fingerprint density at radius 3 is 2.79 bits per heavy atom. The van der Waals surface area contributed by atoms with Gasteiger partial charge in [0, 0.05) is 19.2 Å². The maximum absolute atomic E-state index is 10.7. The second kappa shape index (κ2) is 5.01. The smallest absolute Gasteiger partial charge is 0.217 e. The van der Waals surface area contributed by atoms with Gasteiger partial charge in [0.25, 0.3) is 0 Å². The third-order valence-corrected chi connectivity index (χ3v) is 1.76. The van der Waals surface area contributed by atoms with Crippen LogP contribution in [0.4, 0.5) is 5.69 Å². The van der Waals surface area contributed by atoms with Gasteiger partial charge in [0.1, 0.15) is 0 Å². The molecule has 1 aromatic carbocycles. The van der Waals surface area contributed by atoms with Crippen LogP contribution in [0.5, 0.6) is 0 Å². The Kier molecular flexibility index (Phi) is 3.67. The summed E-state index contributed by atoms with van der Waals surface area (Å²) >= 11 is 0. The maximum atomic E-state index is 10.7. The van der Waals surface area contributed by atoms with Gasteiger partial charge in [-0.25, -0.2) is 0 Å². The van der Waals surface area contributed by atoms with Crippen molar-refractivity contribution in [2.24, 2.45) is 0 Å². The molecule has 1 rings (SSSR count). The number of amides is 2. The average Bonchev–Trinajstić information content (AvgIpc) is 2.17. The highest BCUT2D eigenvalue weighted by Crippen LogP contribution is 2.13. The highest BCUT2D eigenvalue weighted by molar-refractivity contribution is 5.75. The number of carbonyl (C=O) groups is 2. The van der Waals surface area contributed by atoms with Gasteiger partial charge in [-0.05, 0) is 11.6 Å². The lowest BCUT2D eigenvalue weighted by atomic mass is 10.2. The molecule has 0 aliphatic carbocycles. The Labute approximate surface area is 82.3 Å². The number of nitrogens with one attached hydrogen (secondary N) is 2. The normalized spacial score (nSPS) is 9.21. The Balaban J connectivity index is 2.73. The van der Waals surface area contributed by atoms with Crippen molar-refractivity contribution in [2.45, 2.75) is 13.5 Å². The lowest BCUT2D eigenvalue weighted by Crippen LogP contribution is -2.19. The van der Waals surface area contributed by atoms with E-state index < -0.39 is 0 Å². The van der Waals surface area contributed by atoms with E-state index in [1.165, 1.54) is 6.92 Å². The molecule has 0 aromatic heterocycles. The Morgan fingerprint density at radius 1 is 1.43 bits per heavy atom. The highest BCUT2D eigenvalue weighted by Gasteiger charge is 2.00. The van der Waals surface area contributed by atoms with E-state index in [1.54, 1.807) is 6.07 Å². The van der Waals surface area contributed by atoms with Crippen molar-refractivity contribution >= 4 is 18.0 Å². The third-order valence-electron chi connectivity index (χ3n) is 1.76. The van der Waals surface area contributed by atoms with Crippen molar-refractivity contribution in [1.82, 2.24) is 5.32 Å². The Morgan fingerprint density at radius 2 is 2.14 bits per heavy atom. The molecule has 14 heavy (non-hydrogen) atoms. The molecule has 0 saturated heterocycles. The molecule has 2 amide bonds. The SMILES string of the molecule is CC(=O)NCc1ccccc1NC=O. The minimum Gasteiger partial charge on any atom is -0.352 e. The minimum absolute atomic E-state index is 0.0918. The Hall–Kier alpha value is -1.84. The zero-order chi connectivity index (χ0) is 10.4. The van der Waals surface area contributed by atoms with Crippen molar-refractivity contribution < 1.29 is 9.59 Å². The lowest BCUT2D eigenvalue weighted by molar-refractivity contribution is -0.119. The van der Waals surface area contributed by atoms with E-state index in [0.29, 0.717) is 13.0 Å². The first-order valence-electron chi connectivity index (χ1n) is 4.26. The first kappa shape index (κ1) is 10.2. The van der Waals surface area contributed by atoms with Crippen LogP contribution in [0.3, 0.4) is 0 Å². The van der Waals surface area contributed by atoms with E-state index in [2.05, 4.69) is 10.6 Å². The van der Waals surface area contributed by atoms with E-state index in [1.807, 2.05) is 18.2 Å². The van der Waals surface area contributed by atoms with Gasteiger partial charge in [0.15, 0.2) is 0 Å². The van der Waals surface area contributed by atoms with Crippen molar-refractivity contribution in [3.63, 3.8) is 0 Å². The van der Waals surface area contributed by atoms with Crippen LogP contribution in [0.25, 0.3) is 0 Å². The molecule has 0 radical (unpaired) electrons. The predicted octanol–water partition coefficient (Wildman–Crippen LogP) is 0.891. The standard InChI is InChI=1S/C10H12N2O2/c1-8(14)11-6-9-4-2-3-5-10(9)12-7-13/h2-5,7H,6H2,1H3,(H,11,14)(H,12,13). The summed E-state index contributed by atoms with van der Waals surface area (Å²) in [4.78, 5) is 21.0. The fourth-order valence-corrected chi connectivity index (χ4v) is 1.10. The fourth-order valence-electron chi connectivity index (χ4n) is 1.10. The number of anilines is 1. The van der Waals surface area contributed by atoms with Gasteiger partial charge in [-0.2, -0.15) is 0 Å². The Bertz CT molecular complexity index is 337. The summed E-state index contributed by atoms with van der Waals surface area (Å²) in [6, 6.07) is 7.31. The van der Waals surface area contributed by atoms with E-state index in [4.69, 9.17) is 0 Å². The van der Waals surface area contributed by atoms with E-state index >= 15 is 0 Å². The monoisotopic (exact) mass is 192 g/mol. The first-order valence-corrected chi connectivity index (χ1v) is 4.26. The zero-order valence-electron chi connectivity index (χ0n) is 7.91. The third kappa shape index (κ3) is 2.90. The summed E-state index contributed by atoms with van der Waals surface area (Å²) in [5.74, 6) is -0.0918. The number of para-hydroxylation sites is 1. The van der Waals surface area contributed by atoms with Gasteiger partial charge in [-0.1, -0.05) is 18.2 Å². The molecule has 74 valence electrons. The van der Waals surface area contributed by atoms with Crippen molar-refractivity contribution in [2.75, 3.05) is 5.32 Å². The van der Waals surface area contributed by atoms with E-state index in [0.717, 1.165) is 11.3 Å². The van der Waals surface area contributed by atoms with Crippen LogP contribution >= 0.6 is 0 Å². The van der Waals surface area contributed by atoms with Crippen molar-refractivity contribution in [3.8, 4) is 0 Å². The van der Waals surface area contributed by atoms with E-state index in [-0.39, 0.29) is 5.91 Å². The quantitative estimate of drug-likeness (QED) is 0.696. The molecule has 0 spiro atoms.